The van der Waals surface area contributed by atoms with Crippen LogP contribution < -0.4 is 4.90 Å². The lowest BCUT2D eigenvalue weighted by molar-refractivity contribution is 0.0345. The molecule has 1 saturated heterocycles. The molecule has 0 spiro atoms. The summed E-state index contributed by atoms with van der Waals surface area (Å²) >= 11 is 3.42. The van der Waals surface area contributed by atoms with E-state index in [4.69, 9.17) is 0 Å². The summed E-state index contributed by atoms with van der Waals surface area (Å²) in [6, 6.07) is 5.82. The maximum atomic E-state index is 10.8. The van der Waals surface area contributed by atoms with Crippen LogP contribution in [0.4, 0.5) is 5.69 Å². The monoisotopic (exact) mass is 340 g/mol. The molecule has 1 N–H and O–H groups in total. The number of hydrogen-bond acceptors (Lipinski definition) is 4. The minimum atomic E-state index is -0.642. The van der Waals surface area contributed by atoms with Gasteiger partial charge in [-0.3, -0.25) is 9.69 Å². The fourth-order valence-electron chi connectivity index (χ4n) is 2.52. The highest BCUT2D eigenvalue weighted by molar-refractivity contribution is 9.10. The number of aldehydes is 1. The van der Waals surface area contributed by atoms with Crippen molar-refractivity contribution in [3.8, 4) is 0 Å². The summed E-state index contributed by atoms with van der Waals surface area (Å²) in [5.74, 6) is 0. The van der Waals surface area contributed by atoms with Gasteiger partial charge in [0.2, 0.25) is 0 Å². The van der Waals surface area contributed by atoms with Gasteiger partial charge < -0.3 is 10.0 Å². The summed E-state index contributed by atoms with van der Waals surface area (Å²) in [5.41, 5.74) is 1.16. The molecule has 2 rings (SSSR count). The minimum Gasteiger partial charge on any atom is -0.389 e. The van der Waals surface area contributed by atoms with Crippen LogP contribution in [-0.4, -0.2) is 54.6 Å². The second-order valence-corrected chi connectivity index (χ2v) is 6.75. The molecule has 1 fully saturated rings. The van der Waals surface area contributed by atoms with Crippen molar-refractivity contribution in [2.45, 2.75) is 19.4 Å². The van der Waals surface area contributed by atoms with Gasteiger partial charge in [-0.05, 0) is 48.0 Å². The van der Waals surface area contributed by atoms with Crippen LogP contribution in [-0.2, 0) is 0 Å². The van der Waals surface area contributed by atoms with Gasteiger partial charge in [0.15, 0.2) is 6.29 Å². The van der Waals surface area contributed by atoms with Crippen molar-refractivity contribution >= 4 is 27.9 Å². The van der Waals surface area contributed by atoms with Gasteiger partial charge in [-0.1, -0.05) is 0 Å². The fourth-order valence-corrected chi connectivity index (χ4v) is 2.98. The zero-order valence-electron chi connectivity index (χ0n) is 12.0. The van der Waals surface area contributed by atoms with E-state index in [2.05, 4.69) is 25.7 Å². The highest BCUT2D eigenvalue weighted by Gasteiger charge is 2.23. The number of hydrogen-bond donors (Lipinski definition) is 1. The van der Waals surface area contributed by atoms with Crippen LogP contribution in [0.2, 0.25) is 0 Å². The number of nitrogens with zero attached hydrogens (tertiary/aromatic N) is 2. The molecule has 110 valence electrons. The van der Waals surface area contributed by atoms with E-state index in [1.54, 1.807) is 0 Å². The number of rotatable bonds is 4. The Morgan fingerprint density at radius 2 is 1.95 bits per heavy atom. The third-order valence-corrected chi connectivity index (χ3v) is 4.15. The Bertz CT molecular complexity index is 477. The maximum Gasteiger partial charge on any atom is 0.151 e. The van der Waals surface area contributed by atoms with Crippen LogP contribution in [0.25, 0.3) is 0 Å². The molecule has 0 amide bonds. The molecule has 0 unspecified atom stereocenters. The molecule has 0 atom stereocenters. The molecule has 1 aliphatic rings. The zero-order chi connectivity index (χ0) is 14.8. The van der Waals surface area contributed by atoms with Gasteiger partial charge in [0.05, 0.1) is 5.60 Å². The molecule has 1 aromatic rings. The molecule has 0 aromatic heterocycles. The van der Waals surface area contributed by atoms with E-state index < -0.39 is 5.60 Å². The first-order chi connectivity index (χ1) is 9.39. The predicted molar refractivity (Wildman–Crippen MR) is 84.5 cm³/mol. The highest BCUT2D eigenvalue weighted by Crippen LogP contribution is 2.24. The standard InChI is InChI=1S/C15H21BrN2O2/c1-15(2,20)11-17-5-7-18(8-6-17)13-4-3-12(10-19)14(16)9-13/h3-4,9-10,20H,5-8,11H2,1-2H3. The Labute approximate surface area is 128 Å². The van der Waals surface area contributed by atoms with Crippen molar-refractivity contribution < 1.29 is 9.90 Å². The van der Waals surface area contributed by atoms with Crippen molar-refractivity contribution in [3.63, 3.8) is 0 Å². The zero-order valence-corrected chi connectivity index (χ0v) is 13.6. The normalized spacial score (nSPS) is 17.3. The average Bonchev–Trinajstić information content (AvgIpc) is 2.37. The first-order valence-electron chi connectivity index (χ1n) is 6.83. The van der Waals surface area contributed by atoms with Gasteiger partial charge in [-0.15, -0.1) is 0 Å². The van der Waals surface area contributed by atoms with E-state index in [0.29, 0.717) is 12.1 Å². The molecule has 1 aromatic carbocycles. The molecule has 20 heavy (non-hydrogen) atoms. The van der Waals surface area contributed by atoms with Crippen molar-refractivity contribution in [2.75, 3.05) is 37.6 Å². The summed E-state index contributed by atoms with van der Waals surface area (Å²) in [6.45, 7) is 8.14. The lowest BCUT2D eigenvalue weighted by atomic mass is 10.1. The Balaban J connectivity index is 1.97. The topological polar surface area (TPSA) is 43.8 Å². The number of benzene rings is 1. The molecular formula is C15H21BrN2O2. The van der Waals surface area contributed by atoms with Gasteiger partial charge in [-0.25, -0.2) is 0 Å². The number of carbonyl (C=O) groups is 1. The van der Waals surface area contributed by atoms with E-state index in [0.717, 1.165) is 42.6 Å². The van der Waals surface area contributed by atoms with Crippen molar-refractivity contribution in [1.82, 2.24) is 4.90 Å². The molecule has 1 heterocycles. The molecule has 0 radical (unpaired) electrons. The summed E-state index contributed by atoms with van der Waals surface area (Å²) < 4.78 is 0.837. The van der Waals surface area contributed by atoms with Crippen LogP contribution >= 0.6 is 15.9 Å². The number of piperazine rings is 1. The van der Waals surface area contributed by atoms with Crippen LogP contribution in [0.15, 0.2) is 22.7 Å². The molecule has 0 aliphatic carbocycles. The Kier molecular flexibility index (Phi) is 4.83. The second kappa shape index (κ2) is 6.24. The van der Waals surface area contributed by atoms with Crippen LogP contribution in [0.3, 0.4) is 0 Å². The third-order valence-electron chi connectivity index (χ3n) is 3.46. The van der Waals surface area contributed by atoms with Gasteiger partial charge in [0, 0.05) is 48.4 Å². The summed E-state index contributed by atoms with van der Waals surface area (Å²) in [6.07, 6.45) is 0.856. The number of aliphatic hydroxyl groups is 1. The van der Waals surface area contributed by atoms with Crippen LogP contribution in [0.1, 0.15) is 24.2 Å². The summed E-state index contributed by atoms with van der Waals surface area (Å²) in [4.78, 5) is 15.4. The quantitative estimate of drug-likeness (QED) is 0.853. The van der Waals surface area contributed by atoms with Gasteiger partial charge in [-0.2, -0.15) is 0 Å². The Morgan fingerprint density at radius 3 is 2.45 bits per heavy atom. The smallest absolute Gasteiger partial charge is 0.151 e. The van der Waals surface area contributed by atoms with Crippen molar-refractivity contribution in [3.05, 3.63) is 28.2 Å². The lowest BCUT2D eigenvalue weighted by Crippen LogP contribution is -2.50. The number of anilines is 1. The maximum absolute atomic E-state index is 10.8. The first kappa shape index (κ1) is 15.5. The van der Waals surface area contributed by atoms with E-state index in [-0.39, 0.29) is 0 Å². The number of halogens is 1. The SMILES string of the molecule is CC(C)(O)CN1CCN(c2ccc(C=O)c(Br)c2)CC1. The van der Waals surface area contributed by atoms with Crippen LogP contribution in [0, 0.1) is 0 Å². The largest absolute Gasteiger partial charge is 0.389 e. The van der Waals surface area contributed by atoms with Gasteiger partial charge in [0.25, 0.3) is 0 Å². The Morgan fingerprint density at radius 1 is 1.30 bits per heavy atom. The van der Waals surface area contributed by atoms with Gasteiger partial charge >= 0.3 is 0 Å². The van der Waals surface area contributed by atoms with Crippen molar-refractivity contribution in [2.24, 2.45) is 0 Å². The third kappa shape index (κ3) is 4.04. The minimum absolute atomic E-state index is 0.642. The molecular weight excluding hydrogens is 320 g/mol. The van der Waals surface area contributed by atoms with Crippen LogP contribution in [0.5, 0.6) is 0 Å². The average molecular weight is 341 g/mol. The van der Waals surface area contributed by atoms with E-state index >= 15 is 0 Å². The molecule has 1 aliphatic heterocycles. The van der Waals surface area contributed by atoms with Gasteiger partial charge in [0.1, 0.15) is 0 Å². The number of carbonyl (C=O) groups excluding carboxylic acids is 1. The Hall–Kier alpha value is -0.910. The molecule has 0 saturated carbocycles. The molecule has 4 nitrogen and oxygen atoms in total. The first-order valence-corrected chi connectivity index (χ1v) is 7.63. The summed E-state index contributed by atoms with van der Waals surface area (Å²) in [5, 5.41) is 9.85. The molecule has 0 bridgehead atoms. The summed E-state index contributed by atoms with van der Waals surface area (Å²) in [7, 11) is 0. The van der Waals surface area contributed by atoms with E-state index in [1.807, 2.05) is 32.0 Å². The van der Waals surface area contributed by atoms with E-state index in [9.17, 15) is 9.90 Å². The highest BCUT2D eigenvalue weighted by atomic mass is 79.9. The number of β-amino-alcohol motifs (C(OH)–C–C–N with tert-alkyl or cyclic N) is 1. The predicted octanol–water partition coefficient (Wildman–Crippen LogP) is 2.15. The molecule has 5 heteroatoms. The lowest BCUT2D eigenvalue weighted by Gasteiger charge is -2.38. The van der Waals surface area contributed by atoms with E-state index in [1.165, 1.54) is 0 Å². The fraction of sp³-hybridized carbons (Fsp3) is 0.533. The van der Waals surface area contributed by atoms with Crippen molar-refractivity contribution in [1.29, 1.82) is 0 Å². The second-order valence-electron chi connectivity index (χ2n) is 5.90.